The van der Waals surface area contributed by atoms with Crippen LogP contribution in [0.4, 0.5) is 17.2 Å². The van der Waals surface area contributed by atoms with E-state index in [0.29, 0.717) is 11.6 Å². The molecule has 7 aromatic rings. The van der Waals surface area contributed by atoms with Gasteiger partial charge in [-0.3, -0.25) is 4.90 Å². The molecular formula is C63H69N3O2. The lowest BCUT2D eigenvalue weighted by molar-refractivity contribution is -0.0653. The zero-order chi connectivity index (χ0) is 48.7. The molecular weight excluding hydrogens is 831 g/mol. The highest BCUT2D eigenvalue weighted by Gasteiger charge is 2.62. The van der Waals surface area contributed by atoms with Crippen LogP contribution >= 0.6 is 0 Å². The number of aryl methyl sites for hydroxylation is 5. The zero-order valence-corrected chi connectivity index (χ0v) is 43.0. The van der Waals surface area contributed by atoms with Gasteiger partial charge in [-0.15, -0.1) is 0 Å². The van der Waals surface area contributed by atoms with Crippen LogP contribution in [0.1, 0.15) is 136 Å². The molecule has 2 aliphatic rings. The van der Waals surface area contributed by atoms with Crippen molar-refractivity contribution in [1.82, 2.24) is 4.98 Å². The van der Waals surface area contributed by atoms with E-state index in [4.69, 9.17) is 19.5 Å². The molecule has 5 heteroatoms. The number of ether oxygens (including phenoxy) is 2. The summed E-state index contributed by atoms with van der Waals surface area (Å²) in [4.78, 5) is 13.2. The van der Waals surface area contributed by atoms with Gasteiger partial charge in [0.2, 0.25) is 5.90 Å². The smallest absolute Gasteiger partial charge is 0.217 e. The van der Waals surface area contributed by atoms with Gasteiger partial charge in [0.25, 0.3) is 0 Å². The van der Waals surface area contributed by atoms with Crippen molar-refractivity contribution in [3.8, 4) is 22.6 Å². The summed E-state index contributed by atoms with van der Waals surface area (Å²) in [5, 5.41) is 0. The molecule has 0 saturated heterocycles. The highest BCUT2D eigenvalue weighted by molar-refractivity contribution is 5.98. The van der Waals surface area contributed by atoms with Crippen molar-refractivity contribution in [2.24, 2.45) is 10.4 Å². The Balaban J connectivity index is 1.24. The van der Waals surface area contributed by atoms with Gasteiger partial charge in [0.05, 0.1) is 11.4 Å². The van der Waals surface area contributed by atoms with Crippen molar-refractivity contribution >= 4 is 23.1 Å². The Morgan fingerprint density at radius 1 is 0.588 bits per heavy atom. The van der Waals surface area contributed by atoms with Crippen LogP contribution < -0.4 is 9.64 Å². The first-order valence-corrected chi connectivity index (χ1v) is 24.3. The predicted molar refractivity (Wildman–Crippen MR) is 284 cm³/mol. The van der Waals surface area contributed by atoms with Crippen LogP contribution in [0.3, 0.4) is 0 Å². The SMILES string of the molecule is Cc1cc(C)c(-c2cc(Oc3cc4c(cc3C)C(C)(C)c3cc(C)ccc3N4c3cc(C(C)(C)C)ccn3)cc(C3=N[C@](C)(C(c4ccccc4)c4ccccc4)[C@@](C)(C(C)(C)C)O3)c2)c(C)c1. The topological polar surface area (TPSA) is 47.0 Å². The number of nitrogens with zero attached hydrogens (tertiary/aromatic N) is 3. The average molecular weight is 900 g/mol. The molecule has 9 rings (SSSR count). The third kappa shape index (κ3) is 7.92. The molecule has 2 aliphatic heterocycles. The van der Waals surface area contributed by atoms with Crippen LogP contribution in [0, 0.1) is 40.0 Å². The minimum Gasteiger partial charge on any atom is -0.468 e. The summed E-state index contributed by atoms with van der Waals surface area (Å²) in [6, 6.07) is 48.5. The summed E-state index contributed by atoms with van der Waals surface area (Å²) in [6.07, 6.45) is 1.95. The van der Waals surface area contributed by atoms with Gasteiger partial charge in [-0.25, -0.2) is 9.98 Å². The zero-order valence-electron chi connectivity index (χ0n) is 43.0. The molecule has 6 aromatic carbocycles. The number of anilines is 3. The largest absolute Gasteiger partial charge is 0.468 e. The number of pyridine rings is 1. The fraction of sp³-hybridized carbons (Fsp3) is 0.333. The molecule has 0 saturated carbocycles. The van der Waals surface area contributed by atoms with Gasteiger partial charge in [0.1, 0.15) is 28.5 Å². The van der Waals surface area contributed by atoms with Crippen molar-refractivity contribution in [3.05, 3.63) is 201 Å². The molecule has 0 bridgehead atoms. The molecule has 348 valence electrons. The molecule has 0 amide bonds. The van der Waals surface area contributed by atoms with Gasteiger partial charge in [-0.2, -0.15) is 0 Å². The fourth-order valence-corrected chi connectivity index (χ4v) is 11.2. The minimum atomic E-state index is -0.725. The molecule has 3 heterocycles. The Kier molecular flexibility index (Phi) is 11.4. The Morgan fingerprint density at radius 2 is 1.19 bits per heavy atom. The maximum atomic E-state index is 7.45. The lowest BCUT2D eigenvalue weighted by atomic mass is 9.59. The molecule has 0 unspecified atom stereocenters. The first-order chi connectivity index (χ1) is 32.0. The quantitative estimate of drug-likeness (QED) is 0.152. The number of aliphatic imine (C=N–C) groups is 1. The first kappa shape index (κ1) is 46.6. The highest BCUT2D eigenvalue weighted by atomic mass is 16.5. The second kappa shape index (κ2) is 16.6. The number of benzene rings is 6. The second-order valence-electron chi connectivity index (χ2n) is 22.6. The molecule has 0 aliphatic carbocycles. The summed E-state index contributed by atoms with van der Waals surface area (Å²) < 4.78 is 14.7. The van der Waals surface area contributed by atoms with E-state index in [1.54, 1.807) is 0 Å². The monoisotopic (exact) mass is 900 g/mol. The van der Waals surface area contributed by atoms with Crippen LogP contribution in [0.25, 0.3) is 11.1 Å². The molecule has 0 spiro atoms. The van der Waals surface area contributed by atoms with E-state index in [1.807, 2.05) is 6.20 Å². The number of rotatable bonds is 8. The third-order valence-corrected chi connectivity index (χ3v) is 15.3. The Labute approximate surface area is 406 Å². The standard InChI is InChI=1S/C63H69N3O2/c1-39-26-27-52-50(32-39)61(12,13)51-33-41(3)54(38-53(51)66(52)55-37-48(28-29-64-55)59(6,7)8)67-49-35-46(56-42(4)30-40(2)31-43(56)5)34-47(36-49)58-65-62(14,63(15,68-58)60(9,10)11)57(44-22-18-16-19-23-44)45-24-20-17-21-25-45/h16-38,57H,1-15H3/t62-,63-/m1/s1. The van der Waals surface area contributed by atoms with E-state index in [1.165, 1.54) is 55.6 Å². The first-order valence-electron chi connectivity index (χ1n) is 24.3. The van der Waals surface area contributed by atoms with Gasteiger partial charge < -0.3 is 9.47 Å². The second-order valence-corrected chi connectivity index (χ2v) is 22.6. The summed E-state index contributed by atoms with van der Waals surface area (Å²) in [6.45, 7) is 33.7. The number of aromatic nitrogens is 1. The van der Waals surface area contributed by atoms with Crippen LogP contribution in [-0.4, -0.2) is 22.0 Å². The lowest BCUT2D eigenvalue weighted by Gasteiger charge is -2.50. The van der Waals surface area contributed by atoms with Crippen LogP contribution in [0.15, 0.2) is 145 Å². The predicted octanol–water partition coefficient (Wildman–Crippen LogP) is 16.7. The fourth-order valence-electron chi connectivity index (χ4n) is 11.2. The maximum absolute atomic E-state index is 7.45. The van der Waals surface area contributed by atoms with E-state index in [-0.39, 0.29) is 22.2 Å². The van der Waals surface area contributed by atoms with Crippen LogP contribution in [0.2, 0.25) is 0 Å². The normalized spacial score (nSPS) is 18.8. The van der Waals surface area contributed by atoms with Gasteiger partial charge >= 0.3 is 0 Å². The van der Waals surface area contributed by atoms with E-state index in [0.717, 1.165) is 39.6 Å². The molecule has 68 heavy (non-hydrogen) atoms. The van der Waals surface area contributed by atoms with Gasteiger partial charge in [0, 0.05) is 34.6 Å². The number of hydrogen-bond acceptors (Lipinski definition) is 5. The molecule has 0 fully saturated rings. The minimum absolute atomic E-state index is 0.0524. The van der Waals surface area contributed by atoms with Crippen LogP contribution in [-0.2, 0) is 15.6 Å². The van der Waals surface area contributed by atoms with Crippen molar-refractivity contribution in [2.75, 3.05) is 4.90 Å². The summed E-state index contributed by atoms with van der Waals surface area (Å²) in [7, 11) is 0. The van der Waals surface area contributed by atoms with Crippen LogP contribution in [0.5, 0.6) is 11.5 Å². The Hall–Kier alpha value is -6.46. The van der Waals surface area contributed by atoms with Gasteiger partial charge in [0.15, 0.2) is 0 Å². The van der Waals surface area contributed by atoms with Gasteiger partial charge in [-0.1, -0.05) is 151 Å². The van der Waals surface area contributed by atoms with Crippen molar-refractivity contribution in [1.29, 1.82) is 0 Å². The van der Waals surface area contributed by atoms with E-state index in [9.17, 15) is 0 Å². The van der Waals surface area contributed by atoms with Gasteiger partial charge in [-0.05, 0) is 152 Å². The molecule has 2 atom stereocenters. The summed E-state index contributed by atoms with van der Waals surface area (Å²) in [5.41, 5.74) is 15.3. The summed E-state index contributed by atoms with van der Waals surface area (Å²) in [5.74, 6) is 2.90. The van der Waals surface area contributed by atoms with Crippen molar-refractivity contribution in [3.63, 3.8) is 0 Å². The third-order valence-electron chi connectivity index (χ3n) is 15.3. The Morgan fingerprint density at radius 3 is 1.79 bits per heavy atom. The molecule has 1 aromatic heterocycles. The van der Waals surface area contributed by atoms with Crippen molar-refractivity contribution < 1.29 is 9.47 Å². The van der Waals surface area contributed by atoms with E-state index >= 15 is 0 Å². The average Bonchev–Trinajstić information content (AvgIpc) is 3.56. The lowest BCUT2D eigenvalue weighted by Crippen LogP contribution is -2.58. The highest BCUT2D eigenvalue weighted by Crippen LogP contribution is 2.57. The summed E-state index contributed by atoms with van der Waals surface area (Å²) >= 11 is 0. The van der Waals surface area contributed by atoms with E-state index < -0.39 is 11.1 Å². The van der Waals surface area contributed by atoms with E-state index in [2.05, 4.69) is 242 Å². The molecule has 0 radical (unpaired) electrons. The maximum Gasteiger partial charge on any atom is 0.217 e. The molecule has 0 N–H and O–H groups in total. The van der Waals surface area contributed by atoms with Crippen molar-refractivity contribution in [2.45, 2.75) is 132 Å². The number of hydrogen-bond donors (Lipinski definition) is 0. The molecule has 5 nitrogen and oxygen atoms in total. The number of fused-ring (bicyclic) bond motifs is 2. The Bertz CT molecular complexity index is 3040.